The fourth-order valence-electron chi connectivity index (χ4n) is 1.75. The highest BCUT2D eigenvalue weighted by molar-refractivity contribution is 7.92. The molecule has 8 heteroatoms. The number of hydrogen-bond donors (Lipinski definition) is 3. The van der Waals surface area contributed by atoms with Crippen LogP contribution in [-0.2, 0) is 10.0 Å². The van der Waals surface area contributed by atoms with Gasteiger partial charge in [0.2, 0.25) is 0 Å². The number of hydrogen-bond acceptors (Lipinski definition) is 4. The Balaban J connectivity index is 2.37. The molecule has 0 fully saturated rings. The van der Waals surface area contributed by atoms with E-state index < -0.39 is 10.0 Å². The minimum atomic E-state index is -3.76. The topological polar surface area (TPSA) is 104 Å². The number of rotatable bonds is 4. The van der Waals surface area contributed by atoms with Crippen LogP contribution in [0.1, 0.15) is 21.7 Å². The van der Waals surface area contributed by atoms with Crippen LogP contribution in [0, 0.1) is 13.8 Å². The molecule has 2 aromatic rings. The van der Waals surface area contributed by atoms with E-state index in [0.717, 1.165) is 0 Å². The van der Waals surface area contributed by atoms with Gasteiger partial charge in [0.1, 0.15) is 5.82 Å². The largest absolute Gasteiger partial charge is 0.355 e. The van der Waals surface area contributed by atoms with E-state index in [1.165, 1.54) is 19.3 Å². The molecular formula is C13H16N4O3S. The molecule has 0 spiro atoms. The number of aromatic amines is 1. The molecule has 0 saturated heterocycles. The minimum absolute atomic E-state index is 0.0234. The van der Waals surface area contributed by atoms with Crippen molar-refractivity contribution in [2.24, 2.45) is 0 Å². The second-order valence-corrected chi connectivity index (χ2v) is 6.20. The first kappa shape index (κ1) is 15.0. The summed E-state index contributed by atoms with van der Waals surface area (Å²) in [5.41, 5.74) is 1.44. The average Bonchev–Trinajstić information content (AvgIpc) is 2.87. The van der Waals surface area contributed by atoms with Gasteiger partial charge < -0.3 is 10.3 Å². The maximum Gasteiger partial charge on any atom is 0.278 e. The molecule has 0 aliphatic heterocycles. The normalized spacial score (nSPS) is 11.2. The number of imidazole rings is 1. The lowest BCUT2D eigenvalue weighted by atomic mass is 10.1. The summed E-state index contributed by atoms with van der Waals surface area (Å²) in [6.07, 6.45) is 1.25. The number of sulfonamides is 1. The first-order valence-electron chi connectivity index (χ1n) is 6.20. The number of benzene rings is 1. The summed E-state index contributed by atoms with van der Waals surface area (Å²) >= 11 is 0. The van der Waals surface area contributed by atoms with Gasteiger partial charge in [-0.2, -0.15) is 8.42 Å². The number of carbonyl (C=O) groups is 1. The Kier molecular flexibility index (Phi) is 3.99. The predicted octanol–water partition coefficient (Wildman–Crippen LogP) is 1.19. The fraction of sp³-hybridized carbons (Fsp3) is 0.231. The highest BCUT2D eigenvalue weighted by atomic mass is 32.2. The molecule has 0 aliphatic rings. The third-order valence-corrected chi connectivity index (χ3v) is 4.22. The van der Waals surface area contributed by atoms with E-state index in [9.17, 15) is 13.2 Å². The van der Waals surface area contributed by atoms with Gasteiger partial charge in [0, 0.05) is 12.6 Å². The maximum atomic E-state index is 12.2. The number of aryl methyl sites for hydroxylation is 2. The van der Waals surface area contributed by atoms with Crippen molar-refractivity contribution >= 4 is 21.6 Å². The zero-order chi connectivity index (χ0) is 15.6. The van der Waals surface area contributed by atoms with Gasteiger partial charge in [-0.25, -0.2) is 4.98 Å². The number of aromatic nitrogens is 2. The number of nitrogens with zero attached hydrogens (tertiary/aromatic N) is 1. The molecule has 1 amide bonds. The Labute approximate surface area is 122 Å². The molecule has 0 bridgehead atoms. The van der Waals surface area contributed by atoms with Crippen LogP contribution in [-0.4, -0.2) is 31.3 Å². The van der Waals surface area contributed by atoms with Crippen LogP contribution in [0.25, 0.3) is 0 Å². The van der Waals surface area contributed by atoms with E-state index in [-0.39, 0.29) is 10.9 Å². The second-order valence-electron chi connectivity index (χ2n) is 4.55. The zero-order valence-corrected chi connectivity index (χ0v) is 12.7. The second kappa shape index (κ2) is 5.57. The van der Waals surface area contributed by atoms with Gasteiger partial charge in [-0.05, 0) is 31.5 Å². The standard InChI is InChI=1S/C13H16N4O3S/c1-8-4-5-10(13(18)14-3)6-11(8)17-21(19,20)12-7-15-9(2)16-12/h4-7,17H,1-3H3,(H,14,18)(H,15,16). The van der Waals surface area contributed by atoms with E-state index in [0.29, 0.717) is 22.6 Å². The van der Waals surface area contributed by atoms with Crippen molar-refractivity contribution in [3.63, 3.8) is 0 Å². The van der Waals surface area contributed by atoms with Crippen LogP contribution < -0.4 is 10.0 Å². The molecule has 0 unspecified atom stereocenters. The van der Waals surface area contributed by atoms with Crippen molar-refractivity contribution in [3.8, 4) is 0 Å². The summed E-state index contributed by atoms with van der Waals surface area (Å²) in [6, 6.07) is 4.81. The Morgan fingerprint density at radius 3 is 2.57 bits per heavy atom. The van der Waals surface area contributed by atoms with E-state index in [4.69, 9.17) is 0 Å². The highest BCUT2D eigenvalue weighted by Crippen LogP contribution is 2.20. The molecule has 21 heavy (non-hydrogen) atoms. The Morgan fingerprint density at radius 2 is 2.00 bits per heavy atom. The molecule has 0 atom stereocenters. The highest BCUT2D eigenvalue weighted by Gasteiger charge is 2.18. The molecule has 3 N–H and O–H groups in total. The van der Waals surface area contributed by atoms with Crippen LogP contribution in [0.4, 0.5) is 5.69 Å². The van der Waals surface area contributed by atoms with E-state index in [1.54, 1.807) is 26.0 Å². The first-order chi connectivity index (χ1) is 9.83. The average molecular weight is 308 g/mol. The molecule has 0 aliphatic carbocycles. The molecule has 1 aromatic carbocycles. The third kappa shape index (κ3) is 3.22. The van der Waals surface area contributed by atoms with Crippen LogP contribution in [0.2, 0.25) is 0 Å². The lowest BCUT2D eigenvalue weighted by Gasteiger charge is -2.11. The number of H-pyrrole nitrogens is 1. The summed E-state index contributed by atoms with van der Waals surface area (Å²) in [5, 5.41) is 2.47. The van der Waals surface area contributed by atoms with Gasteiger partial charge in [0.25, 0.3) is 15.9 Å². The molecule has 2 rings (SSSR count). The molecule has 0 radical (unpaired) electrons. The first-order valence-corrected chi connectivity index (χ1v) is 7.69. The van der Waals surface area contributed by atoms with Crippen LogP contribution in [0.15, 0.2) is 29.4 Å². The molecule has 1 aromatic heterocycles. The number of amides is 1. The predicted molar refractivity (Wildman–Crippen MR) is 78.7 cm³/mol. The van der Waals surface area contributed by atoms with Crippen LogP contribution in [0.3, 0.4) is 0 Å². The maximum absolute atomic E-state index is 12.2. The van der Waals surface area contributed by atoms with Gasteiger partial charge in [-0.3, -0.25) is 9.52 Å². The van der Waals surface area contributed by atoms with Gasteiger partial charge in [0.15, 0.2) is 5.03 Å². The van der Waals surface area contributed by atoms with Crippen molar-refractivity contribution < 1.29 is 13.2 Å². The number of carbonyl (C=O) groups excluding carboxylic acids is 1. The van der Waals surface area contributed by atoms with Crippen LogP contribution in [0.5, 0.6) is 0 Å². The minimum Gasteiger partial charge on any atom is -0.355 e. The molecule has 7 nitrogen and oxygen atoms in total. The van der Waals surface area contributed by atoms with Crippen molar-refractivity contribution in [2.45, 2.75) is 18.9 Å². The molecule has 112 valence electrons. The fourth-order valence-corrected chi connectivity index (χ4v) is 2.85. The van der Waals surface area contributed by atoms with Crippen molar-refractivity contribution in [1.82, 2.24) is 15.3 Å². The lowest BCUT2D eigenvalue weighted by molar-refractivity contribution is 0.0963. The van der Waals surface area contributed by atoms with Crippen molar-refractivity contribution in [1.29, 1.82) is 0 Å². The third-order valence-electron chi connectivity index (χ3n) is 2.94. The van der Waals surface area contributed by atoms with E-state index in [2.05, 4.69) is 20.0 Å². The Bertz CT molecular complexity index is 780. The summed E-state index contributed by atoms with van der Waals surface area (Å²) in [7, 11) is -2.25. The zero-order valence-electron chi connectivity index (χ0n) is 11.9. The monoisotopic (exact) mass is 308 g/mol. The summed E-state index contributed by atoms with van der Waals surface area (Å²) in [5.74, 6) is 0.221. The quantitative estimate of drug-likeness (QED) is 0.789. The SMILES string of the molecule is CNC(=O)c1ccc(C)c(NS(=O)(=O)c2cnc(C)[nH]2)c1. The molecule has 0 saturated carbocycles. The Hall–Kier alpha value is -2.35. The summed E-state index contributed by atoms with van der Waals surface area (Å²) < 4.78 is 26.9. The van der Waals surface area contributed by atoms with Gasteiger partial charge in [-0.15, -0.1) is 0 Å². The summed E-state index contributed by atoms with van der Waals surface area (Å²) in [4.78, 5) is 18.1. The number of anilines is 1. The van der Waals surface area contributed by atoms with Crippen molar-refractivity contribution in [2.75, 3.05) is 11.8 Å². The van der Waals surface area contributed by atoms with E-state index in [1.807, 2.05) is 0 Å². The number of nitrogens with one attached hydrogen (secondary N) is 3. The Morgan fingerprint density at radius 1 is 1.29 bits per heavy atom. The molecular weight excluding hydrogens is 292 g/mol. The van der Waals surface area contributed by atoms with Crippen molar-refractivity contribution in [3.05, 3.63) is 41.3 Å². The van der Waals surface area contributed by atoms with Gasteiger partial charge >= 0.3 is 0 Å². The molecule has 1 heterocycles. The van der Waals surface area contributed by atoms with Gasteiger partial charge in [-0.1, -0.05) is 6.07 Å². The van der Waals surface area contributed by atoms with E-state index >= 15 is 0 Å². The summed E-state index contributed by atoms with van der Waals surface area (Å²) in [6.45, 7) is 3.42. The smallest absolute Gasteiger partial charge is 0.278 e. The van der Waals surface area contributed by atoms with Crippen LogP contribution >= 0.6 is 0 Å². The lowest BCUT2D eigenvalue weighted by Crippen LogP contribution is -2.19. The van der Waals surface area contributed by atoms with Gasteiger partial charge in [0.05, 0.1) is 11.9 Å².